The van der Waals surface area contributed by atoms with Gasteiger partial charge in [0.2, 0.25) is 0 Å². The van der Waals surface area contributed by atoms with Crippen molar-refractivity contribution in [1.29, 1.82) is 0 Å². The van der Waals surface area contributed by atoms with E-state index in [1.165, 1.54) is 44.9 Å². The minimum Gasteiger partial charge on any atom is -0.508 e. The van der Waals surface area contributed by atoms with E-state index in [0.29, 0.717) is 0 Å². The Morgan fingerprint density at radius 2 is 1.95 bits per heavy atom. The van der Waals surface area contributed by atoms with Gasteiger partial charge in [-0.3, -0.25) is 0 Å². The third-order valence-corrected chi connectivity index (χ3v) is 5.02. The average Bonchev–Trinajstić information content (AvgIpc) is 2.54. The predicted molar refractivity (Wildman–Crippen MR) is 91.1 cm³/mol. The van der Waals surface area contributed by atoms with Crippen molar-refractivity contribution in [3.63, 3.8) is 0 Å². The molecule has 124 valence electrons. The molecule has 0 radical (unpaired) electrons. The summed E-state index contributed by atoms with van der Waals surface area (Å²) < 4.78 is 0. The Balaban J connectivity index is 1.71. The third kappa shape index (κ3) is 4.99. The number of phenolic OH excluding ortho intramolecular Hbond substituents is 1. The topological polar surface area (TPSA) is 52.5 Å². The zero-order valence-corrected chi connectivity index (χ0v) is 14.0. The highest BCUT2D eigenvalue weighted by atomic mass is 16.3. The molecule has 3 heteroatoms. The van der Waals surface area contributed by atoms with Crippen LogP contribution in [0.1, 0.15) is 69.1 Å². The van der Waals surface area contributed by atoms with Gasteiger partial charge in [0.05, 0.1) is 6.10 Å². The fraction of sp³-hybridized carbons (Fsp3) is 0.684. The maximum atomic E-state index is 10.4. The third-order valence-electron chi connectivity index (χ3n) is 5.02. The summed E-state index contributed by atoms with van der Waals surface area (Å²) in [4.78, 5) is 0. The van der Waals surface area contributed by atoms with Crippen LogP contribution in [0.3, 0.4) is 0 Å². The van der Waals surface area contributed by atoms with Crippen LogP contribution in [0.25, 0.3) is 0 Å². The monoisotopic (exact) mass is 305 g/mol. The number of aromatic hydroxyl groups is 1. The molecule has 1 aromatic carbocycles. The molecule has 2 rings (SSSR count). The summed E-state index contributed by atoms with van der Waals surface area (Å²) in [5, 5.41) is 23.4. The summed E-state index contributed by atoms with van der Waals surface area (Å²) in [6.45, 7) is 4.84. The molecule has 0 heterocycles. The number of phenols is 1. The standard InChI is InChI=1S/C19H31NO2/c1-14-13-17(10-11-18(14)21)19(22)15(2)20-12-6-9-16-7-4-3-5-8-16/h10-11,13,15-16,19-22H,3-9,12H2,1-2H3. The molecule has 0 aromatic heterocycles. The minimum absolute atomic E-state index is 0.0234. The van der Waals surface area contributed by atoms with E-state index in [4.69, 9.17) is 0 Å². The van der Waals surface area contributed by atoms with E-state index in [-0.39, 0.29) is 11.8 Å². The Bertz CT molecular complexity index is 455. The second-order valence-electron chi connectivity index (χ2n) is 6.88. The summed E-state index contributed by atoms with van der Waals surface area (Å²) in [7, 11) is 0. The van der Waals surface area contributed by atoms with Gasteiger partial charge in [-0.05, 0) is 62.4 Å². The van der Waals surface area contributed by atoms with Crippen LogP contribution >= 0.6 is 0 Å². The van der Waals surface area contributed by atoms with Crippen LogP contribution in [0, 0.1) is 12.8 Å². The van der Waals surface area contributed by atoms with Crippen LogP contribution in [0.5, 0.6) is 5.75 Å². The second kappa shape index (κ2) is 8.54. The molecule has 1 aliphatic rings. The number of hydrogen-bond acceptors (Lipinski definition) is 3. The molecule has 2 atom stereocenters. The number of aliphatic hydroxyl groups is 1. The van der Waals surface area contributed by atoms with E-state index in [0.717, 1.165) is 23.6 Å². The number of rotatable bonds is 7. The van der Waals surface area contributed by atoms with Gasteiger partial charge < -0.3 is 15.5 Å². The predicted octanol–water partition coefficient (Wildman–Crippen LogP) is 4.07. The molecule has 3 N–H and O–H groups in total. The first-order valence-electron chi connectivity index (χ1n) is 8.79. The van der Waals surface area contributed by atoms with Crippen molar-refractivity contribution in [1.82, 2.24) is 5.32 Å². The Labute approximate surface area is 134 Å². The van der Waals surface area contributed by atoms with Crippen LogP contribution in [0.2, 0.25) is 0 Å². The lowest BCUT2D eigenvalue weighted by atomic mass is 9.86. The fourth-order valence-corrected chi connectivity index (χ4v) is 3.46. The molecule has 22 heavy (non-hydrogen) atoms. The first-order chi connectivity index (χ1) is 10.6. The van der Waals surface area contributed by atoms with Crippen molar-refractivity contribution in [3.8, 4) is 5.75 Å². The highest BCUT2D eigenvalue weighted by Crippen LogP contribution is 2.27. The molecule has 1 saturated carbocycles. The molecule has 1 fully saturated rings. The van der Waals surface area contributed by atoms with Crippen molar-refractivity contribution in [2.45, 2.75) is 70.9 Å². The summed E-state index contributed by atoms with van der Waals surface area (Å²) in [6.07, 6.45) is 9.03. The molecule has 0 saturated heterocycles. The van der Waals surface area contributed by atoms with Gasteiger partial charge in [0.1, 0.15) is 5.75 Å². The van der Waals surface area contributed by atoms with Crippen molar-refractivity contribution in [2.75, 3.05) is 6.54 Å². The number of nitrogens with one attached hydrogen (secondary N) is 1. The minimum atomic E-state index is -0.533. The number of aryl methyl sites for hydroxylation is 1. The van der Waals surface area contributed by atoms with E-state index in [1.54, 1.807) is 12.1 Å². The molecule has 0 bridgehead atoms. The van der Waals surface area contributed by atoms with Gasteiger partial charge >= 0.3 is 0 Å². The highest BCUT2D eigenvalue weighted by molar-refractivity contribution is 5.36. The van der Waals surface area contributed by atoms with E-state index in [1.807, 2.05) is 19.9 Å². The van der Waals surface area contributed by atoms with Crippen LogP contribution in [0.15, 0.2) is 18.2 Å². The molecule has 1 aliphatic carbocycles. The maximum Gasteiger partial charge on any atom is 0.118 e. The molecule has 0 spiro atoms. The van der Waals surface area contributed by atoms with Crippen LogP contribution in [0.4, 0.5) is 0 Å². The number of hydrogen-bond donors (Lipinski definition) is 3. The molecule has 0 aliphatic heterocycles. The number of benzene rings is 1. The molecular weight excluding hydrogens is 274 g/mol. The summed E-state index contributed by atoms with van der Waals surface area (Å²) in [6, 6.07) is 5.34. The van der Waals surface area contributed by atoms with E-state index < -0.39 is 6.10 Å². The molecule has 3 nitrogen and oxygen atoms in total. The van der Waals surface area contributed by atoms with Gasteiger partial charge in [-0.15, -0.1) is 0 Å². The molecule has 1 aromatic rings. The molecular formula is C19H31NO2. The quantitative estimate of drug-likeness (QED) is 0.666. The van der Waals surface area contributed by atoms with E-state index in [2.05, 4.69) is 5.32 Å². The van der Waals surface area contributed by atoms with Crippen molar-refractivity contribution < 1.29 is 10.2 Å². The lowest BCUT2D eigenvalue weighted by Gasteiger charge is -2.23. The summed E-state index contributed by atoms with van der Waals surface area (Å²) >= 11 is 0. The van der Waals surface area contributed by atoms with Gasteiger partial charge in [0, 0.05) is 6.04 Å². The van der Waals surface area contributed by atoms with Gasteiger partial charge in [0.25, 0.3) is 0 Å². The normalized spacial score (nSPS) is 19.0. The van der Waals surface area contributed by atoms with Crippen LogP contribution in [-0.4, -0.2) is 22.8 Å². The zero-order valence-electron chi connectivity index (χ0n) is 14.0. The zero-order chi connectivity index (χ0) is 15.9. The molecule has 2 unspecified atom stereocenters. The van der Waals surface area contributed by atoms with Crippen LogP contribution < -0.4 is 5.32 Å². The number of aliphatic hydroxyl groups excluding tert-OH is 1. The first kappa shape index (κ1) is 17.3. The van der Waals surface area contributed by atoms with E-state index in [9.17, 15) is 10.2 Å². The van der Waals surface area contributed by atoms with Crippen molar-refractivity contribution >= 4 is 0 Å². The summed E-state index contributed by atoms with van der Waals surface area (Å²) in [5.74, 6) is 1.21. The first-order valence-corrected chi connectivity index (χ1v) is 8.79. The van der Waals surface area contributed by atoms with Gasteiger partial charge in [-0.25, -0.2) is 0 Å². The van der Waals surface area contributed by atoms with Crippen molar-refractivity contribution in [3.05, 3.63) is 29.3 Å². The largest absolute Gasteiger partial charge is 0.508 e. The van der Waals surface area contributed by atoms with Gasteiger partial charge in [-0.1, -0.05) is 38.2 Å². The van der Waals surface area contributed by atoms with Crippen LogP contribution in [-0.2, 0) is 0 Å². The Morgan fingerprint density at radius 1 is 1.23 bits per heavy atom. The van der Waals surface area contributed by atoms with Crippen molar-refractivity contribution in [2.24, 2.45) is 5.92 Å². The fourth-order valence-electron chi connectivity index (χ4n) is 3.46. The van der Waals surface area contributed by atoms with Gasteiger partial charge in [0.15, 0.2) is 0 Å². The molecule has 0 amide bonds. The summed E-state index contributed by atoms with van der Waals surface area (Å²) in [5.41, 5.74) is 1.67. The SMILES string of the molecule is Cc1cc(C(O)C(C)NCCCC2CCCCC2)ccc1O. The average molecular weight is 305 g/mol. The Morgan fingerprint density at radius 3 is 2.64 bits per heavy atom. The lowest BCUT2D eigenvalue weighted by Crippen LogP contribution is -2.33. The van der Waals surface area contributed by atoms with E-state index >= 15 is 0 Å². The Hall–Kier alpha value is -1.06. The Kier molecular flexibility index (Phi) is 6.71. The lowest BCUT2D eigenvalue weighted by molar-refractivity contribution is 0.135. The maximum absolute atomic E-state index is 10.4. The van der Waals surface area contributed by atoms with Gasteiger partial charge in [-0.2, -0.15) is 0 Å². The smallest absolute Gasteiger partial charge is 0.118 e. The second-order valence-corrected chi connectivity index (χ2v) is 6.88. The highest BCUT2D eigenvalue weighted by Gasteiger charge is 2.17.